The molecule has 35 heavy (non-hydrogen) atoms. The summed E-state index contributed by atoms with van der Waals surface area (Å²) in [6.07, 6.45) is 12.3. The zero-order chi connectivity index (χ0) is 25.3. The molecule has 5 nitrogen and oxygen atoms in total. The Bertz CT molecular complexity index is 783. The first kappa shape index (κ1) is 28.4. The summed E-state index contributed by atoms with van der Waals surface area (Å²) >= 11 is 6.31. The fourth-order valence-electron chi connectivity index (χ4n) is 6.26. The number of nitrogens with two attached hydrogens (primary N) is 1. The lowest BCUT2D eigenvalue weighted by Crippen LogP contribution is -2.49. The third-order valence-corrected chi connectivity index (χ3v) is 8.71. The van der Waals surface area contributed by atoms with E-state index < -0.39 is 5.60 Å². The fourth-order valence-corrected chi connectivity index (χ4v) is 6.45. The number of amides is 1. The van der Waals surface area contributed by atoms with Crippen LogP contribution in [0.1, 0.15) is 89.5 Å². The number of aliphatic hydroxyl groups is 1. The second-order valence-electron chi connectivity index (χ2n) is 11.1. The molecular weight excluding hydrogens is 460 g/mol. The molecule has 1 aliphatic heterocycles. The Morgan fingerprint density at radius 3 is 2.69 bits per heavy atom. The van der Waals surface area contributed by atoms with Gasteiger partial charge in [-0.2, -0.15) is 0 Å². The van der Waals surface area contributed by atoms with Gasteiger partial charge in [-0.15, -0.1) is 0 Å². The Labute approximate surface area is 217 Å². The Kier molecular flexibility index (Phi) is 11.3. The van der Waals surface area contributed by atoms with Gasteiger partial charge in [0.1, 0.15) is 0 Å². The number of carbonyl (C=O) groups excluding carboxylic acids is 1. The number of benzene rings is 1. The summed E-state index contributed by atoms with van der Waals surface area (Å²) in [6, 6.07) is 7.62. The molecule has 1 heterocycles. The summed E-state index contributed by atoms with van der Waals surface area (Å²) < 4.78 is 5.22. The zero-order valence-corrected chi connectivity index (χ0v) is 22.6. The average Bonchev–Trinajstić information content (AvgIpc) is 2.86. The molecule has 2 aliphatic rings. The van der Waals surface area contributed by atoms with Crippen LogP contribution in [0, 0.1) is 17.8 Å². The molecule has 198 valence electrons. The van der Waals surface area contributed by atoms with Crippen LogP contribution in [0.15, 0.2) is 24.3 Å². The molecule has 0 aromatic heterocycles. The minimum absolute atomic E-state index is 0.0191. The van der Waals surface area contributed by atoms with E-state index in [4.69, 9.17) is 22.1 Å². The molecule has 6 heteroatoms. The SMILES string of the molecule is COCCCC[C@@](O)(c1cccc(Cl)c1)[C@@H]1CCCN(C(=O)C[C@@H](CC2CCCCC2)[C@H](C)N)C1. The monoisotopic (exact) mass is 506 g/mol. The van der Waals surface area contributed by atoms with Crippen molar-refractivity contribution < 1.29 is 14.6 Å². The predicted molar refractivity (Wildman–Crippen MR) is 143 cm³/mol. The van der Waals surface area contributed by atoms with E-state index >= 15 is 0 Å². The number of rotatable bonds is 12. The number of halogens is 1. The largest absolute Gasteiger partial charge is 0.385 e. The van der Waals surface area contributed by atoms with Crippen molar-refractivity contribution in [1.82, 2.24) is 4.90 Å². The molecule has 1 amide bonds. The van der Waals surface area contributed by atoms with Crippen molar-refractivity contribution in [1.29, 1.82) is 0 Å². The third-order valence-electron chi connectivity index (χ3n) is 8.47. The molecule has 3 N–H and O–H groups in total. The number of carbonyl (C=O) groups is 1. The molecule has 0 unspecified atom stereocenters. The maximum absolute atomic E-state index is 13.5. The summed E-state index contributed by atoms with van der Waals surface area (Å²) in [5.74, 6) is 1.11. The van der Waals surface area contributed by atoms with Crippen LogP contribution < -0.4 is 5.73 Å². The number of likely N-dealkylation sites (tertiary alicyclic amines) is 1. The molecule has 1 saturated heterocycles. The lowest BCUT2D eigenvalue weighted by atomic mass is 9.74. The number of unbranched alkanes of at least 4 members (excludes halogenated alkanes) is 1. The number of hydrogen-bond donors (Lipinski definition) is 2. The first-order valence-corrected chi connectivity index (χ1v) is 14.2. The Morgan fingerprint density at radius 1 is 1.23 bits per heavy atom. The molecule has 0 bridgehead atoms. The summed E-state index contributed by atoms with van der Waals surface area (Å²) in [6.45, 7) is 4.08. The highest BCUT2D eigenvalue weighted by Crippen LogP contribution is 2.41. The van der Waals surface area contributed by atoms with Crippen LogP contribution >= 0.6 is 11.6 Å². The molecule has 1 aliphatic carbocycles. The van der Waals surface area contributed by atoms with Crippen LogP contribution in [0.5, 0.6) is 0 Å². The van der Waals surface area contributed by atoms with Gasteiger partial charge in [-0.1, -0.05) is 55.8 Å². The summed E-state index contributed by atoms with van der Waals surface area (Å²) in [7, 11) is 1.71. The van der Waals surface area contributed by atoms with Crippen molar-refractivity contribution in [2.24, 2.45) is 23.5 Å². The summed E-state index contributed by atoms with van der Waals surface area (Å²) in [5, 5.41) is 12.7. The van der Waals surface area contributed by atoms with Crippen LogP contribution in [-0.4, -0.2) is 48.8 Å². The van der Waals surface area contributed by atoms with Gasteiger partial charge in [0.2, 0.25) is 5.91 Å². The van der Waals surface area contributed by atoms with Gasteiger partial charge in [0.25, 0.3) is 0 Å². The third kappa shape index (κ3) is 8.18. The van der Waals surface area contributed by atoms with Crippen molar-refractivity contribution >= 4 is 17.5 Å². The van der Waals surface area contributed by atoms with Gasteiger partial charge in [-0.3, -0.25) is 4.79 Å². The number of methoxy groups -OCH3 is 1. The van der Waals surface area contributed by atoms with E-state index in [9.17, 15) is 9.90 Å². The van der Waals surface area contributed by atoms with Crippen molar-refractivity contribution in [2.45, 2.75) is 95.6 Å². The lowest BCUT2D eigenvalue weighted by molar-refractivity contribution is -0.138. The zero-order valence-electron chi connectivity index (χ0n) is 21.9. The Morgan fingerprint density at radius 2 is 2.00 bits per heavy atom. The second kappa shape index (κ2) is 14.0. The van der Waals surface area contributed by atoms with Crippen LogP contribution in [0.4, 0.5) is 0 Å². The topological polar surface area (TPSA) is 75.8 Å². The maximum Gasteiger partial charge on any atom is 0.222 e. The molecule has 1 aromatic rings. The molecule has 4 atom stereocenters. The van der Waals surface area contributed by atoms with Crippen molar-refractivity contribution in [3.05, 3.63) is 34.9 Å². The highest BCUT2D eigenvalue weighted by Gasteiger charge is 2.41. The molecule has 2 fully saturated rings. The van der Waals surface area contributed by atoms with Crippen LogP contribution in [0.25, 0.3) is 0 Å². The highest BCUT2D eigenvalue weighted by molar-refractivity contribution is 6.30. The van der Waals surface area contributed by atoms with Gasteiger partial charge >= 0.3 is 0 Å². The molecule has 0 radical (unpaired) electrons. The first-order chi connectivity index (χ1) is 16.8. The van der Waals surface area contributed by atoms with Crippen molar-refractivity contribution in [3.8, 4) is 0 Å². The number of nitrogens with zero attached hydrogens (tertiary/aromatic N) is 1. The summed E-state index contributed by atoms with van der Waals surface area (Å²) in [5.41, 5.74) is 6.20. The van der Waals surface area contributed by atoms with Gasteiger partial charge < -0.3 is 20.5 Å². The minimum atomic E-state index is -1.01. The highest BCUT2D eigenvalue weighted by atomic mass is 35.5. The summed E-state index contributed by atoms with van der Waals surface area (Å²) in [4.78, 5) is 15.5. The van der Waals surface area contributed by atoms with E-state index in [0.717, 1.165) is 44.2 Å². The van der Waals surface area contributed by atoms with Crippen molar-refractivity contribution in [3.63, 3.8) is 0 Å². The Balaban J connectivity index is 1.69. The van der Waals surface area contributed by atoms with Gasteiger partial charge in [0.05, 0.1) is 5.60 Å². The molecule has 1 aromatic carbocycles. The first-order valence-electron chi connectivity index (χ1n) is 13.8. The second-order valence-corrected chi connectivity index (χ2v) is 11.6. The van der Waals surface area contributed by atoms with E-state index in [1.54, 1.807) is 7.11 Å². The number of ether oxygens (including phenoxy) is 1. The van der Waals surface area contributed by atoms with Gasteiger partial charge in [0.15, 0.2) is 0 Å². The average molecular weight is 507 g/mol. The molecule has 1 saturated carbocycles. The van der Waals surface area contributed by atoms with Crippen LogP contribution in [0.2, 0.25) is 5.02 Å². The van der Waals surface area contributed by atoms with E-state index in [2.05, 4.69) is 6.92 Å². The predicted octanol–water partition coefficient (Wildman–Crippen LogP) is 5.91. The fraction of sp³-hybridized carbons (Fsp3) is 0.759. The van der Waals surface area contributed by atoms with E-state index in [1.807, 2.05) is 29.2 Å². The van der Waals surface area contributed by atoms with Gasteiger partial charge in [-0.05, 0) is 75.0 Å². The minimum Gasteiger partial charge on any atom is -0.385 e. The Hall–Kier alpha value is -1.14. The van der Waals surface area contributed by atoms with Gasteiger partial charge in [0, 0.05) is 50.2 Å². The van der Waals surface area contributed by atoms with Crippen LogP contribution in [-0.2, 0) is 15.1 Å². The van der Waals surface area contributed by atoms with Gasteiger partial charge in [-0.25, -0.2) is 0 Å². The van der Waals surface area contributed by atoms with E-state index in [0.29, 0.717) is 36.9 Å². The number of hydrogen-bond acceptors (Lipinski definition) is 4. The quantitative estimate of drug-likeness (QED) is 0.346. The van der Waals surface area contributed by atoms with E-state index in [1.165, 1.54) is 32.1 Å². The van der Waals surface area contributed by atoms with E-state index in [-0.39, 0.29) is 23.8 Å². The standard InChI is InChI=1S/C29H47ClN2O3/c1-22(31)24(18-23-10-4-3-5-11-23)19-28(33)32-16-9-13-26(21-32)29(34,15-6-7-17-35-2)25-12-8-14-27(30)20-25/h8,12,14,20,22-24,26,34H,3-7,9-11,13,15-19,21,31H2,1-2H3/t22-,24+,26+,29+/m0/s1. The number of piperidine rings is 1. The molecule has 3 rings (SSSR count). The smallest absolute Gasteiger partial charge is 0.222 e. The van der Waals surface area contributed by atoms with Crippen LogP contribution in [0.3, 0.4) is 0 Å². The maximum atomic E-state index is 13.5. The normalized spacial score (nSPS) is 23.0. The lowest BCUT2D eigenvalue weighted by Gasteiger charge is -2.43. The van der Waals surface area contributed by atoms with Crippen molar-refractivity contribution in [2.75, 3.05) is 26.8 Å². The molecule has 0 spiro atoms. The molecular formula is C29H47ClN2O3.